The molecule has 11 heteroatoms. The summed E-state index contributed by atoms with van der Waals surface area (Å²) in [7, 11) is 0. The Morgan fingerprint density at radius 3 is 2.47 bits per heavy atom. The molecule has 1 aromatic carbocycles. The van der Waals surface area contributed by atoms with Crippen molar-refractivity contribution in [1.29, 1.82) is 0 Å². The number of aryl methyl sites for hydroxylation is 1. The molecule has 0 bridgehead atoms. The Morgan fingerprint density at radius 1 is 1.05 bits per heavy atom. The van der Waals surface area contributed by atoms with E-state index < -0.39 is 11.6 Å². The second kappa shape index (κ2) is 12.0. The van der Waals surface area contributed by atoms with Crippen molar-refractivity contribution >= 4 is 46.2 Å². The molecule has 2 aromatic heterocycles. The summed E-state index contributed by atoms with van der Waals surface area (Å²) in [6.45, 7) is 15.5. The van der Waals surface area contributed by atoms with Gasteiger partial charge in [-0.15, -0.1) is 11.3 Å². The van der Waals surface area contributed by atoms with Crippen LogP contribution in [0.3, 0.4) is 0 Å². The van der Waals surface area contributed by atoms with Crippen LogP contribution in [0, 0.1) is 6.92 Å². The van der Waals surface area contributed by atoms with Crippen LogP contribution < -0.4 is 20.9 Å². The monoisotopic (exact) mass is 604 g/mol. The van der Waals surface area contributed by atoms with Crippen molar-refractivity contribution in [2.75, 3.05) is 54.9 Å². The normalized spacial score (nSPS) is 16.9. The smallest absolute Gasteiger partial charge is 0.323 e. The van der Waals surface area contributed by atoms with Crippen molar-refractivity contribution in [1.82, 2.24) is 15.2 Å². The molecule has 3 N–H and O–H groups in total. The molecule has 2 saturated heterocycles. The number of piperazine rings is 1. The van der Waals surface area contributed by atoms with E-state index in [9.17, 15) is 14.4 Å². The number of urea groups is 1. The fourth-order valence-electron chi connectivity index (χ4n) is 5.20. The molecule has 2 aliphatic heterocycles. The number of ether oxygens (including phenoxy) is 1. The number of nitrogens with one attached hydrogen (secondary N) is 3. The molecule has 0 atom stereocenters. The largest absolute Gasteiger partial charge is 0.378 e. The van der Waals surface area contributed by atoms with Crippen molar-refractivity contribution in [2.24, 2.45) is 0 Å². The average molecular weight is 605 g/mol. The lowest BCUT2D eigenvalue weighted by molar-refractivity contribution is -0.133. The first-order valence-corrected chi connectivity index (χ1v) is 15.4. The van der Waals surface area contributed by atoms with Crippen molar-refractivity contribution in [3.63, 3.8) is 0 Å². The SMILES string of the molecule is Cc1ccc(NC(=O)Nc2cc(C(C)(C)C)sc2C(=O)N2CCNC(=O)C2(C)C)cc1-c1ccc(N2CCOCC2)cn1. The molecule has 3 aromatic rings. The number of amides is 4. The lowest BCUT2D eigenvalue weighted by Crippen LogP contribution is -2.63. The highest BCUT2D eigenvalue weighted by Crippen LogP contribution is 2.37. The lowest BCUT2D eigenvalue weighted by Gasteiger charge is -2.41. The highest BCUT2D eigenvalue weighted by atomic mass is 32.1. The standard InChI is InChI=1S/C32H40N6O4S/c1-20-7-8-21(17-23(20)24-10-9-22(19-34-24)37-13-15-42-16-14-37)35-30(41)36-25-18-26(31(2,3)4)43-27(25)28(39)38-12-11-33-29(40)32(38,5)6/h7-10,17-19H,11-16H2,1-6H3,(H,33,40)(H2,35,36,41). The molecule has 2 aliphatic rings. The summed E-state index contributed by atoms with van der Waals surface area (Å²) in [4.78, 5) is 49.5. The van der Waals surface area contributed by atoms with Gasteiger partial charge in [-0.3, -0.25) is 14.6 Å². The molecule has 0 saturated carbocycles. The summed E-state index contributed by atoms with van der Waals surface area (Å²) in [5.74, 6) is -0.479. The Balaban J connectivity index is 1.35. The number of nitrogens with zero attached hydrogens (tertiary/aromatic N) is 3. The van der Waals surface area contributed by atoms with Crippen LogP contribution in [0.25, 0.3) is 11.3 Å². The van der Waals surface area contributed by atoms with Crippen LogP contribution >= 0.6 is 11.3 Å². The van der Waals surface area contributed by atoms with Gasteiger partial charge in [0.05, 0.1) is 36.5 Å². The Labute approximate surface area is 256 Å². The first kappa shape index (κ1) is 30.5. The molecule has 0 radical (unpaired) electrons. The quantitative estimate of drug-likeness (QED) is 0.367. The predicted molar refractivity (Wildman–Crippen MR) is 171 cm³/mol. The zero-order valence-corrected chi connectivity index (χ0v) is 26.5. The van der Waals surface area contributed by atoms with E-state index in [1.54, 1.807) is 18.7 Å². The minimum atomic E-state index is -1.01. The van der Waals surface area contributed by atoms with Crippen LogP contribution in [0.4, 0.5) is 21.9 Å². The van der Waals surface area contributed by atoms with Gasteiger partial charge in [0.15, 0.2) is 0 Å². The van der Waals surface area contributed by atoms with Crippen LogP contribution in [0.5, 0.6) is 0 Å². The Hall–Kier alpha value is -3.96. The average Bonchev–Trinajstić information content (AvgIpc) is 3.40. The molecule has 4 amide bonds. The number of hydrogen-bond donors (Lipinski definition) is 3. The van der Waals surface area contributed by atoms with Gasteiger partial charge in [0.2, 0.25) is 5.91 Å². The van der Waals surface area contributed by atoms with Gasteiger partial charge in [-0.1, -0.05) is 26.8 Å². The Morgan fingerprint density at radius 2 is 1.79 bits per heavy atom. The van der Waals surface area contributed by atoms with Gasteiger partial charge in [0.1, 0.15) is 10.4 Å². The van der Waals surface area contributed by atoms with Crippen LogP contribution in [0.15, 0.2) is 42.6 Å². The number of anilines is 3. The van der Waals surface area contributed by atoms with Gasteiger partial charge < -0.3 is 30.5 Å². The molecule has 2 fully saturated rings. The molecule has 0 spiro atoms. The molecule has 0 aliphatic carbocycles. The predicted octanol–water partition coefficient (Wildman–Crippen LogP) is 5.25. The minimum absolute atomic E-state index is 0.202. The molecule has 43 heavy (non-hydrogen) atoms. The zero-order chi connectivity index (χ0) is 30.9. The van der Waals surface area contributed by atoms with E-state index in [0.29, 0.717) is 42.6 Å². The van der Waals surface area contributed by atoms with Crippen LogP contribution in [-0.2, 0) is 14.9 Å². The van der Waals surface area contributed by atoms with Crippen LogP contribution in [-0.4, -0.2) is 72.7 Å². The van der Waals surface area contributed by atoms with E-state index in [1.807, 2.05) is 43.5 Å². The summed E-state index contributed by atoms with van der Waals surface area (Å²) in [6, 6.07) is 11.1. The number of morpholine rings is 1. The maximum Gasteiger partial charge on any atom is 0.323 e. The van der Waals surface area contributed by atoms with Crippen molar-refractivity contribution < 1.29 is 19.1 Å². The van der Waals surface area contributed by atoms with Gasteiger partial charge >= 0.3 is 6.03 Å². The second-order valence-electron chi connectivity index (χ2n) is 12.5. The van der Waals surface area contributed by atoms with Crippen LogP contribution in [0.1, 0.15) is 54.7 Å². The fourth-order valence-corrected chi connectivity index (χ4v) is 6.32. The summed E-state index contributed by atoms with van der Waals surface area (Å²) < 4.78 is 5.45. The first-order chi connectivity index (χ1) is 20.3. The van der Waals surface area contributed by atoms with Gasteiger partial charge in [-0.05, 0) is 62.1 Å². The van der Waals surface area contributed by atoms with Crippen molar-refractivity contribution in [2.45, 2.75) is 52.5 Å². The lowest BCUT2D eigenvalue weighted by atomic mass is 9.94. The van der Waals surface area contributed by atoms with E-state index in [1.165, 1.54) is 11.3 Å². The molecule has 228 valence electrons. The molecule has 4 heterocycles. The third-order valence-corrected chi connectivity index (χ3v) is 9.45. The van der Waals surface area contributed by atoms with E-state index in [2.05, 4.69) is 47.7 Å². The molecular weight excluding hydrogens is 564 g/mol. The number of benzene rings is 1. The van der Waals surface area contributed by atoms with Crippen LogP contribution in [0.2, 0.25) is 0 Å². The number of rotatable bonds is 5. The zero-order valence-electron chi connectivity index (χ0n) is 25.7. The van der Waals surface area contributed by atoms with Gasteiger partial charge in [-0.2, -0.15) is 0 Å². The number of carbonyl (C=O) groups excluding carboxylic acids is 3. The third kappa shape index (κ3) is 6.52. The number of thiophene rings is 1. The maximum absolute atomic E-state index is 13.8. The summed E-state index contributed by atoms with van der Waals surface area (Å²) >= 11 is 1.35. The Bertz CT molecular complexity index is 1520. The Kier molecular flexibility index (Phi) is 8.49. The maximum atomic E-state index is 13.8. The van der Waals surface area contributed by atoms with Crippen molar-refractivity contribution in [3.05, 3.63) is 57.9 Å². The number of aromatic nitrogens is 1. The highest BCUT2D eigenvalue weighted by Gasteiger charge is 2.42. The third-order valence-electron chi connectivity index (χ3n) is 7.91. The first-order valence-electron chi connectivity index (χ1n) is 14.6. The number of pyridine rings is 1. The molecule has 0 unspecified atom stereocenters. The number of carbonyl (C=O) groups is 3. The van der Waals surface area contributed by atoms with E-state index in [-0.39, 0.29) is 17.2 Å². The van der Waals surface area contributed by atoms with Gasteiger partial charge in [0.25, 0.3) is 5.91 Å². The minimum Gasteiger partial charge on any atom is -0.378 e. The topological polar surface area (TPSA) is 116 Å². The molecular formula is C32H40N6O4S. The highest BCUT2D eigenvalue weighted by molar-refractivity contribution is 7.14. The van der Waals surface area contributed by atoms with E-state index in [4.69, 9.17) is 9.72 Å². The van der Waals surface area contributed by atoms with E-state index >= 15 is 0 Å². The summed E-state index contributed by atoms with van der Waals surface area (Å²) in [5.41, 5.74) is 3.60. The fraction of sp³-hybridized carbons (Fsp3) is 0.438. The van der Waals surface area contributed by atoms with E-state index in [0.717, 1.165) is 40.5 Å². The van der Waals surface area contributed by atoms with Gasteiger partial charge in [-0.25, -0.2) is 4.79 Å². The summed E-state index contributed by atoms with van der Waals surface area (Å²) in [6.07, 6.45) is 1.88. The van der Waals surface area contributed by atoms with Crippen molar-refractivity contribution in [3.8, 4) is 11.3 Å². The van der Waals surface area contributed by atoms with Gasteiger partial charge in [0, 0.05) is 42.3 Å². The number of hydrogen-bond acceptors (Lipinski definition) is 7. The second-order valence-corrected chi connectivity index (χ2v) is 13.5. The molecule has 5 rings (SSSR count). The summed E-state index contributed by atoms with van der Waals surface area (Å²) in [5, 5.41) is 8.66. The molecule has 10 nitrogen and oxygen atoms in total.